The van der Waals surface area contributed by atoms with Gasteiger partial charge in [-0.2, -0.15) is 0 Å². The Morgan fingerprint density at radius 2 is 1.94 bits per heavy atom. The van der Waals surface area contributed by atoms with Crippen molar-refractivity contribution < 1.29 is 4.74 Å². The van der Waals surface area contributed by atoms with Crippen molar-refractivity contribution in [3.05, 3.63) is 29.3 Å². The lowest BCUT2D eigenvalue weighted by molar-refractivity contribution is 0.344. The molecule has 1 aliphatic heterocycles. The van der Waals surface area contributed by atoms with Gasteiger partial charge in [0.25, 0.3) is 0 Å². The SMILES string of the molecule is COc1ccc(C2NCCNC2C)cc1C(C)C. The molecule has 0 aromatic heterocycles. The minimum absolute atomic E-state index is 0.391. The predicted octanol–water partition coefficient (Wildman–Crippen LogP) is 2.44. The molecule has 1 fully saturated rings. The van der Waals surface area contributed by atoms with Crippen molar-refractivity contribution in [1.82, 2.24) is 10.6 Å². The minimum atomic E-state index is 0.391. The molecule has 0 aliphatic carbocycles. The molecule has 0 radical (unpaired) electrons. The zero-order chi connectivity index (χ0) is 13.1. The van der Waals surface area contributed by atoms with Gasteiger partial charge in [0, 0.05) is 25.2 Å². The van der Waals surface area contributed by atoms with Crippen molar-refractivity contribution in [1.29, 1.82) is 0 Å². The number of hydrogen-bond donors (Lipinski definition) is 2. The van der Waals surface area contributed by atoms with E-state index < -0.39 is 0 Å². The van der Waals surface area contributed by atoms with E-state index in [4.69, 9.17) is 4.74 Å². The van der Waals surface area contributed by atoms with Crippen LogP contribution in [0.5, 0.6) is 5.75 Å². The summed E-state index contributed by atoms with van der Waals surface area (Å²) in [6, 6.07) is 7.40. The highest BCUT2D eigenvalue weighted by atomic mass is 16.5. The van der Waals surface area contributed by atoms with E-state index in [0.717, 1.165) is 18.8 Å². The van der Waals surface area contributed by atoms with Gasteiger partial charge in [0.15, 0.2) is 0 Å². The van der Waals surface area contributed by atoms with Crippen LogP contribution in [0.15, 0.2) is 18.2 Å². The Morgan fingerprint density at radius 1 is 1.22 bits per heavy atom. The van der Waals surface area contributed by atoms with E-state index in [-0.39, 0.29) is 0 Å². The van der Waals surface area contributed by atoms with E-state index >= 15 is 0 Å². The zero-order valence-electron chi connectivity index (χ0n) is 11.8. The fraction of sp³-hybridized carbons (Fsp3) is 0.600. The first kappa shape index (κ1) is 13.4. The average molecular weight is 248 g/mol. The predicted molar refractivity (Wildman–Crippen MR) is 75.3 cm³/mol. The standard InChI is InChI=1S/C15H24N2O/c1-10(2)13-9-12(5-6-14(13)18-4)15-11(3)16-7-8-17-15/h5-6,9-11,15-17H,7-8H2,1-4H3. The third-order valence-corrected chi connectivity index (χ3v) is 3.69. The minimum Gasteiger partial charge on any atom is -0.496 e. The Morgan fingerprint density at radius 3 is 2.56 bits per heavy atom. The molecular weight excluding hydrogens is 224 g/mol. The van der Waals surface area contributed by atoms with E-state index in [0.29, 0.717) is 18.0 Å². The fourth-order valence-electron chi connectivity index (χ4n) is 2.63. The van der Waals surface area contributed by atoms with E-state index in [1.807, 2.05) is 0 Å². The molecule has 0 bridgehead atoms. The molecule has 1 aliphatic rings. The van der Waals surface area contributed by atoms with Gasteiger partial charge in [-0.1, -0.05) is 26.0 Å². The summed E-state index contributed by atoms with van der Waals surface area (Å²) < 4.78 is 5.44. The number of methoxy groups -OCH3 is 1. The second-order valence-corrected chi connectivity index (χ2v) is 5.33. The molecule has 2 atom stereocenters. The lowest BCUT2D eigenvalue weighted by atomic mass is 9.93. The lowest BCUT2D eigenvalue weighted by Gasteiger charge is -2.32. The summed E-state index contributed by atoms with van der Waals surface area (Å²) in [5, 5.41) is 7.10. The van der Waals surface area contributed by atoms with Crippen LogP contribution >= 0.6 is 0 Å². The first-order chi connectivity index (χ1) is 8.63. The van der Waals surface area contributed by atoms with Gasteiger partial charge in [-0.3, -0.25) is 0 Å². The summed E-state index contributed by atoms with van der Waals surface area (Å²) in [5.41, 5.74) is 2.63. The van der Waals surface area contributed by atoms with Crippen molar-refractivity contribution in [3.63, 3.8) is 0 Å². The van der Waals surface area contributed by atoms with Crippen LogP contribution in [0, 0.1) is 0 Å². The zero-order valence-corrected chi connectivity index (χ0v) is 11.8. The average Bonchev–Trinajstić information content (AvgIpc) is 2.38. The molecule has 2 unspecified atom stereocenters. The quantitative estimate of drug-likeness (QED) is 0.862. The summed E-state index contributed by atoms with van der Waals surface area (Å²) in [4.78, 5) is 0. The summed E-state index contributed by atoms with van der Waals surface area (Å²) in [6.45, 7) is 8.72. The van der Waals surface area contributed by atoms with Crippen molar-refractivity contribution in [2.45, 2.75) is 38.8 Å². The lowest BCUT2D eigenvalue weighted by Crippen LogP contribution is -2.49. The number of piperazine rings is 1. The molecule has 2 N–H and O–H groups in total. The molecule has 0 spiro atoms. The van der Waals surface area contributed by atoms with Crippen LogP contribution < -0.4 is 15.4 Å². The molecule has 18 heavy (non-hydrogen) atoms. The largest absolute Gasteiger partial charge is 0.496 e. The van der Waals surface area contributed by atoms with Crippen LogP contribution in [0.2, 0.25) is 0 Å². The number of benzene rings is 1. The van der Waals surface area contributed by atoms with Crippen molar-refractivity contribution in [3.8, 4) is 5.75 Å². The molecule has 0 saturated carbocycles. The molecule has 100 valence electrons. The highest BCUT2D eigenvalue weighted by Gasteiger charge is 2.23. The molecular formula is C15H24N2O. The number of nitrogens with one attached hydrogen (secondary N) is 2. The molecule has 1 heterocycles. The third-order valence-electron chi connectivity index (χ3n) is 3.69. The van der Waals surface area contributed by atoms with Gasteiger partial charge in [0.1, 0.15) is 5.75 Å². The van der Waals surface area contributed by atoms with Gasteiger partial charge in [-0.25, -0.2) is 0 Å². The molecule has 0 amide bonds. The fourth-order valence-corrected chi connectivity index (χ4v) is 2.63. The molecule has 1 saturated heterocycles. The molecule has 3 heteroatoms. The first-order valence-corrected chi connectivity index (χ1v) is 6.78. The summed E-state index contributed by atoms with van der Waals surface area (Å²) in [7, 11) is 1.74. The molecule has 2 rings (SSSR count). The van der Waals surface area contributed by atoms with Gasteiger partial charge in [-0.05, 0) is 30.0 Å². The maximum atomic E-state index is 5.44. The number of rotatable bonds is 3. The Hall–Kier alpha value is -1.06. The van der Waals surface area contributed by atoms with Gasteiger partial charge >= 0.3 is 0 Å². The number of hydrogen-bond acceptors (Lipinski definition) is 3. The van der Waals surface area contributed by atoms with Crippen molar-refractivity contribution in [2.75, 3.05) is 20.2 Å². The van der Waals surface area contributed by atoms with Gasteiger partial charge in [0.05, 0.1) is 7.11 Å². The highest BCUT2D eigenvalue weighted by molar-refractivity contribution is 5.40. The third kappa shape index (κ3) is 2.68. The highest BCUT2D eigenvalue weighted by Crippen LogP contribution is 2.30. The summed E-state index contributed by atoms with van der Waals surface area (Å²) >= 11 is 0. The summed E-state index contributed by atoms with van der Waals surface area (Å²) in [6.07, 6.45) is 0. The second-order valence-electron chi connectivity index (χ2n) is 5.33. The van der Waals surface area contributed by atoms with Gasteiger partial charge in [-0.15, -0.1) is 0 Å². The number of ether oxygens (including phenoxy) is 1. The van der Waals surface area contributed by atoms with Crippen LogP contribution in [0.1, 0.15) is 43.9 Å². The Bertz CT molecular complexity index is 403. The van der Waals surface area contributed by atoms with E-state index in [1.54, 1.807) is 7.11 Å². The van der Waals surface area contributed by atoms with Crippen molar-refractivity contribution >= 4 is 0 Å². The van der Waals surface area contributed by atoms with E-state index in [2.05, 4.69) is 49.6 Å². The Labute approximate surface area is 110 Å². The summed E-state index contributed by atoms with van der Waals surface area (Å²) in [5.74, 6) is 1.47. The van der Waals surface area contributed by atoms with Gasteiger partial charge < -0.3 is 15.4 Å². The van der Waals surface area contributed by atoms with E-state index in [1.165, 1.54) is 11.1 Å². The van der Waals surface area contributed by atoms with Crippen LogP contribution in [-0.2, 0) is 0 Å². The molecule has 1 aromatic carbocycles. The first-order valence-electron chi connectivity index (χ1n) is 6.78. The smallest absolute Gasteiger partial charge is 0.122 e. The van der Waals surface area contributed by atoms with Gasteiger partial charge in [0.2, 0.25) is 0 Å². The maximum Gasteiger partial charge on any atom is 0.122 e. The maximum absolute atomic E-state index is 5.44. The Balaban J connectivity index is 2.30. The van der Waals surface area contributed by atoms with Crippen LogP contribution in [-0.4, -0.2) is 26.2 Å². The molecule has 3 nitrogen and oxygen atoms in total. The monoisotopic (exact) mass is 248 g/mol. The van der Waals surface area contributed by atoms with Crippen LogP contribution in [0.25, 0.3) is 0 Å². The Kier molecular flexibility index (Phi) is 4.25. The topological polar surface area (TPSA) is 33.3 Å². The second kappa shape index (κ2) is 5.72. The normalized spacial score (nSPS) is 24.3. The molecule has 1 aromatic rings. The van der Waals surface area contributed by atoms with Crippen LogP contribution in [0.3, 0.4) is 0 Å². The van der Waals surface area contributed by atoms with Crippen LogP contribution in [0.4, 0.5) is 0 Å². The van der Waals surface area contributed by atoms with E-state index in [9.17, 15) is 0 Å². The van der Waals surface area contributed by atoms with Crippen molar-refractivity contribution in [2.24, 2.45) is 0 Å².